The molecule has 198 valence electrons. The molecule has 11 heteroatoms. The molecule has 1 aliphatic heterocycles. The van der Waals surface area contributed by atoms with E-state index >= 15 is 0 Å². The van der Waals surface area contributed by atoms with Crippen LogP contribution in [-0.4, -0.2) is 51.2 Å². The molecule has 1 aromatic heterocycles. The second kappa shape index (κ2) is 11.7. The summed E-state index contributed by atoms with van der Waals surface area (Å²) >= 11 is 6.63. The van der Waals surface area contributed by atoms with E-state index in [4.69, 9.17) is 21.7 Å². The van der Waals surface area contributed by atoms with E-state index in [9.17, 15) is 14.4 Å². The van der Waals surface area contributed by atoms with E-state index in [2.05, 4.69) is 5.32 Å². The van der Waals surface area contributed by atoms with Crippen molar-refractivity contribution in [2.24, 2.45) is 7.05 Å². The molecule has 0 unspecified atom stereocenters. The molecule has 9 nitrogen and oxygen atoms in total. The van der Waals surface area contributed by atoms with Gasteiger partial charge in [-0.2, -0.15) is 0 Å². The van der Waals surface area contributed by atoms with Gasteiger partial charge in [0.25, 0.3) is 11.5 Å². The normalized spacial score (nSPS) is 14.3. The van der Waals surface area contributed by atoms with Crippen molar-refractivity contribution in [2.45, 2.75) is 19.8 Å². The summed E-state index contributed by atoms with van der Waals surface area (Å²) in [5.41, 5.74) is 2.07. The Hall–Kier alpha value is -3.83. The highest BCUT2D eigenvalue weighted by atomic mass is 32.2. The number of amides is 2. The van der Waals surface area contributed by atoms with Gasteiger partial charge in [-0.05, 0) is 49.2 Å². The van der Waals surface area contributed by atoms with Crippen molar-refractivity contribution in [3.8, 4) is 17.2 Å². The Bertz CT molecular complexity index is 1480. The van der Waals surface area contributed by atoms with Gasteiger partial charge < -0.3 is 14.8 Å². The zero-order valence-electron chi connectivity index (χ0n) is 21.5. The molecule has 0 aliphatic carbocycles. The first-order chi connectivity index (χ1) is 18.2. The number of carbonyl (C=O) groups excluding carboxylic acids is 2. The summed E-state index contributed by atoms with van der Waals surface area (Å²) in [6, 6.07) is 14.6. The highest BCUT2D eigenvalue weighted by molar-refractivity contribution is 8.26. The number of benzene rings is 2. The van der Waals surface area contributed by atoms with E-state index in [1.807, 2.05) is 36.4 Å². The third-order valence-corrected chi connectivity index (χ3v) is 7.56. The maximum Gasteiger partial charge on any atom is 0.295 e. The number of methoxy groups -OCH3 is 2. The summed E-state index contributed by atoms with van der Waals surface area (Å²) < 4.78 is 14.2. The van der Waals surface area contributed by atoms with E-state index < -0.39 is 0 Å². The highest BCUT2D eigenvalue weighted by Crippen LogP contribution is 2.34. The van der Waals surface area contributed by atoms with Crippen molar-refractivity contribution >= 4 is 51.9 Å². The molecule has 4 rings (SSSR count). The second-order valence-corrected chi connectivity index (χ2v) is 10.2. The maximum atomic E-state index is 13.0. The third-order valence-electron chi connectivity index (χ3n) is 6.18. The van der Waals surface area contributed by atoms with Crippen molar-refractivity contribution < 1.29 is 19.1 Å². The summed E-state index contributed by atoms with van der Waals surface area (Å²) in [7, 11) is 4.88. The van der Waals surface area contributed by atoms with Crippen molar-refractivity contribution in [2.75, 3.05) is 26.1 Å². The Labute approximate surface area is 230 Å². The average molecular weight is 553 g/mol. The van der Waals surface area contributed by atoms with E-state index in [0.717, 1.165) is 5.56 Å². The van der Waals surface area contributed by atoms with Crippen LogP contribution in [0.1, 0.15) is 24.1 Å². The first kappa shape index (κ1) is 27.2. The number of hydrogen-bond acceptors (Lipinski definition) is 7. The Morgan fingerprint density at radius 3 is 2.47 bits per heavy atom. The second-order valence-electron chi connectivity index (χ2n) is 8.54. The van der Waals surface area contributed by atoms with Gasteiger partial charge in [-0.15, -0.1) is 0 Å². The summed E-state index contributed by atoms with van der Waals surface area (Å²) in [5.74, 6) is 0.647. The van der Waals surface area contributed by atoms with Crippen LogP contribution < -0.4 is 20.3 Å². The Balaban J connectivity index is 1.38. The first-order valence-electron chi connectivity index (χ1n) is 11.9. The van der Waals surface area contributed by atoms with Gasteiger partial charge in [0.15, 0.2) is 11.5 Å². The van der Waals surface area contributed by atoms with Crippen LogP contribution in [0.4, 0.5) is 5.69 Å². The van der Waals surface area contributed by atoms with Crippen LogP contribution in [0.15, 0.2) is 58.2 Å². The largest absolute Gasteiger partial charge is 0.493 e. The SMILES string of the molecule is COc1ccc(/C=C2\SC(=S)N(CCCC(=O)Nc3c(C)n(C)n(-c4ccccc4)c3=O)C2=O)cc1OC. The fourth-order valence-corrected chi connectivity index (χ4v) is 5.41. The molecule has 2 heterocycles. The summed E-state index contributed by atoms with van der Waals surface area (Å²) in [6.45, 7) is 2.07. The number of nitrogens with one attached hydrogen (secondary N) is 1. The van der Waals surface area contributed by atoms with E-state index in [1.54, 1.807) is 51.1 Å². The van der Waals surface area contributed by atoms with Crippen molar-refractivity contribution in [1.82, 2.24) is 14.3 Å². The van der Waals surface area contributed by atoms with Crippen molar-refractivity contribution in [3.05, 3.63) is 75.0 Å². The van der Waals surface area contributed by atoms with Crippen LogP contribution >= 0.6 is 24.0 Å². The zero-order valence-corrected chi connectivity index (χ0v) is 23.1. The van der Waals surface area contributed by atoms with Crippen molar-refractivity contribution in [3.63, 3.8) is 0 Å². The van der Waals surface area contributed by atoms with Gasteiger partial charge in [-0.3, -0.25) is 24.0 Å². The molecule has 0 spiro atoms. The topological polar surface area (TPSA) is 94.8 Å². The van der Waals surface area contributed by atoms with Crippen LogP contribution in [0.5, 0.6) is 11.5 Å². The zero-order chi connectivity index (χ0) is 27.4. The number of ether oxygens (including phenoxy) is 2. The standard InChI is InChI=1S/C27H28N4O5S2/c1-17-24(26(34)31(29(17)2)19-9-6-5-7-10-19)28-23(32)11-8-14-30-25(33)22(38-27(30)37)16-18-12-13-20(35-3)21(15-18)36-4/h5-7,9-10,12-13,15-16H,8,11,14H2,1-4H3,(H,28,32)/b22-16-. The minimum atomic E-state index is -0.304. The number of hydrogen-bond donors (Lipinski definition) is 1. The predicted molar refractivity (Wildman–Crippen MR) is 153 cm³/mol. The van der Waals surface area contributed by atoms with E-state index in [-0.39, 0.29) is 29.5 Å². The number of aromatic nitrogens is 2. The quantitative estimate of drug-likeness (QED) is 0.315. The van der Waals surface area contributed by atoms with Gasteiger partial charge in [-0.25, -0.2) is 4.68 Å². The predicted octanol–water partition coefficient (Wildman–Crippen LogP) is 4.12. The molecule has 1 N–H and O–H groups in total. The number of rotatable bonds is 9. The number of nitrogens with zero attached hydrogens (tertiary/aromatic N) is 3. The molecule has 0 saturated carbocycles. The lowest BCUT2D eigenvalue weighted by molar-refractivity contribution is -0.122. The van der Waals surface area contributed by atoms with Crippen LogP contribution in [0.2, 0.25) is 0 Å². The first-order valence-corrected chi connectivity index (χ1v) is 13.1. The molecule has 0 radical (unpaired) electrons. The average Bonchev–Trinajstić information content (AvgIpc) is 3.30. The molecule has 1 fully saturated rings. The Morgan fingerprint density at radius 1 is 1.08 bits per heavy atom. The van der Waals surface area contributed by atoms with Crippen LogP contribution in [0.25, 0.3) is 11.8 Å². The smallest absolute Gasteiger partial charge is 0.295 e. The Kier molecular flexibility index (Phi) is 8.38. The number of thioether (sulfide) groups is 1. The minimum absolute atomic E-state index is 0.130. The number of para-hydroxylation sites is 1. The van der Waals surface area contributed by atoms with Crippen LogP contribution in [0.3, 0.4) is 0 Å². The maximum absolute atomic E-state index is 13.0. The van der Waals surface area contributed by atoms with E-state index in [0.29, 0.717) is 45.1 Å². The summed E-state index contributed by atoms with van der Waals surface area (Å²) in [6.07, 6.45) is 2.27. The molecule has 0 atom stereocenters. The molecule has 3 aromatic rings. The fourth-order valence-electron chi connectivity index (χ4n) is 4.10. The number of carbonyl (C=O) groups is 2. The molecule has 0 bridgehead atoms. The number of thiocarbonyl (C=S) groups is 1. The molecule has 38 heavy (non-hydrogen) atoms. The van der Waals surface area contributed by atoms with Gasteiger partial charge in [0.2, 0.25) is 5.91 Å². The van der Waals surface area contributed by atoms with Gasteiger partial charge in [0.1, 0.15) is 10.0 Å². The molecule has 1 saturated heterocycles. The molecular weight excluding hydrogens is 524 g/mol. The molecule has 2 aromatic carbocycles. The van der Waals surface area contributed by atoms with Gasteiger partial charge >= 0.3 is 0 Å². The van der Waals surface area contributed by atoms with Crippen LogP contribution in [0, 0.1) is 6.92 Å². The summed E-state index contributed by atoms with van der Waals surface area (Å²) in [5, 5.41) is 2.75. The monoisotopic (exact) mass is 552 g/mol. The Morgan fingerprint density at radius 2 is 1.79 bits per heavy atom. The van der Waals surface area contributed by atoms with Gasteiger partial charge in [0, 0.05) is 20.0 Å². The minimum Gasteiger partial charge on any atom is -0.493 e. The lowest BCUT2D eigenvalue weighted by atomic mass is 10.2. The lowest BCUT2D eigenvalue weighted by Gasteiger charge is -2.14. The van der Waals surface area contributed by atoms with Crippen LogP contribution in [-0.2, 0) is 16.6 Å². The summed E-state index contributed by atoms with van der Waals surface area (Å²) in [4.78, 5) is 40.7. The fraction of sp³-hybridized carbons (Fsp3) is 0.259. The van der Waals surface area contributed by atoms with Gasteiger partial charge in [-0.1, -0.05) is 48.2 Å². The van der Waals surface area contributed by atoms with Gasteiger partial charge in [0.05, 0.1) is 30.5 Å². The number of anilines is 1. The lowest BCUT2D eigenvalue weighted by Crippen LogP contribution is -2.30. The highest BCUT2D eigenvalue weighted by Gasteiger charge is 2.31. The molecule has 1 aliphatic rings. The molecule has 2 amide bonds. The third kappa shape index (κ3) is 5.53. The van der Waals surface area contributed by atoms with E-state index in [1.165, 1.54) is 21.3 Å². The molecular formula is C27H28N4O5S2. The van der Waals surface area contributed by atoms with Crippen molar-refractivity contribution in [1.29, 1.82) is 0 Å².